The van der Waals surface area contributed by atoms with Gasteiger partial charge in [0.05, 0.1) is 10.4 Å². The summed E-state index contributed by atoms with van der Waals surface area (Å²) in [6.07, 6.45) is 0.672. The van der Waals surface area contributed by atoms with Crippen molar-refractivity contribution in [2.24, 2.45) is 0 Å². The van der Waals surface area contributed by atoms with Gasteiger partial charge in [-0.05, 0) is 37.3 Å². The number of para-hydroxylation sites is 2. The zero-order valence-corrected chi connectivity index (χ0v) is 17.0. The van der Waals surface area contributed by atoms with Crippen molar-refractivity contribution in [1.29, 1.82) is 0 Å². The van der Waals surface area contributed by atoms with Crippen molar-refractivity contribution in [3.8, 4) is 0 Å². The SMILES string of the molecule is CC1Cc2c(c3ccccc3n2S(=O)(=O)c2ccccc2)CN1c1ccccc1. The molecule has 29 heavy (non-hydrogen) atoms. The molecule has 0 aliphatic carbocycles. The number of hydrogen-bond donors (Lipinski definition) is 0. The Labute approximate surface area is 171 Å². The monoisotopic (exact) mass is 402 g/mol. The van der Waals surface area contributed by atoms with E-state index in [1.165, 1.54) is 0 Å². The molecule has 1 atom stereocenters. The highest BCUT2D eigenvalue weighted by atomic mass is 32.2. The van der Waals surface area contributed by atoms with Gasteiger partial charge in [0.1, 0.15) is 0 Å². The highest BCUT2D eigenvalue weighted by Crippen LogP contribution is 2.37. The van der Waals surface area contributed by atoms with Gasteiger partial charge < -0.3 is 4.90 Å². The molecule has 2 heterocycles. The van der Waals surface area contributed by atoms with E-state index in [1.54, 1.807) is 28.2 Å². The van der Waals surface area contributed by atoms with Crippen molar-refractivity contribution in [3.05, 3.63) is 96.2 Å². The Morgan fingerprint density at radius 3 is 2.17 bits per heavy atom. The zero-order chi connectivity index (χ0) is 20.0. The molecule has 4 nitrogen and oxygen atoms in total. The maximum absolute atomic E-state index is 13.6. The fourth-order valence-electron chi connectivity index (χ4n) is 4.37. The van der Waals surface area contributed by atoms with Crippen LogP contribution >= 0.6 is 0 Å². The summed E-state index contributed by atoms with van der Waals surface area (Å²) in [5.41, 5.74) is 3.91. The van der Waals surface area contributed by atoms with Crippen LogP contribution in [0.15, 0.2) is 89.8 Å². The van der Waals surface area contributed by atoms with Crippen molar-refractivity contribution in [1.82, 2.24) is 3.97 Å². The van der Waals surface area contributed by atoms with Crippen LogP contribution in [0.4, 0.5) is 5.69 Å². The molecule has 0 amide bonds. The molecule has 0 bridgehead atoms. The summed E-state index contributed by atoms with van der Waals surface area (Å²) in [6, 6.07) is 27.0. The molecule has 1 aromatic heterocycles. The summed E-state index contributed by atoms with van der Waals surface area (Å²) in [6.45, 7) is 2.85. The molecule has 1 unspecified atom stereocenters. The summed E-state index contributed by atoms with van der Waals surface area (Å²) >= 11 is 0. The molecule has 1 aliphatic rings. The number of fused-ring (bicyclic) bond motifs is 3. The summed E-state index contributed by atoms with van der Waals surface area (Å²) in [7, 11) is -3.67. The maximum Gasteiger partial charge on any atom is 0.268 e. The highest BCUT2D eigenvalue weighted by Gasteiger charge is 2.33. The Hall–Kier alpha value is -3.05. The van der Waals surface area contributed by atoms with Crippen molar-refractivity contribution in [2.75, 3.05) is 4.90 Å². The summed E-state index contributed by atoms with van der Waals surface area (Å²) in [4.78, 5) is 2.68. The fraction of sp³-hybridized carbons (Fsp3) is 0.167. The molecular weight excluding hydrogens is 380 g/mol. The lowest BCUT2D eigenvalue weighted by atomic mass is 9.98. The van der Waals surface area contributed by atoms with E-state index in [-0.39, 0.29) is 6.04 Å². The van der Waals surface area contributed by atoms with E-state index in [2.05, 4.69) is 24.0 Å². The first-order valence-electron chi connectivity index (χ1n) is 9.81. The topological polar surface area (TPSA) is 42.3 Å². The minimum atomic E-state index is -3.67. The van der Waals surface area contributed by atoms with Gasteiger partial charge in [0.2, 0.25) is 0 Å². The van der Waals surface area contributed by atoms with Gasteiger partial charge in [-0.3, -0.25) is 0 Å². The molecule has 0 spiro atoms. The van der Waals surface area contributed by atoms with E-state index >= 15 is 0 Å². The highest BCUT2D eigenvalue weighted by molar-refractivity contribution is 7.90. The fourth-order valence-corrected chi connectivity index (χ4v) is 5.97. The Kier molecular flexibility index (Phi) is 4.21. The van der Waals surface area contributed by atoms with Crippen molar-refractivity contribution >= 4 is 26.6 Å². The van der Waals surface area contributed by atoms with Gasteiger partial charge >= 0.3 is 0 Å². The van der Waals surface area contributed by atoms with Crippen LogP contribution in [0.2, 0.25) is 0 Å². The summed E-state index contributed by atoms with van der Waals surface area (Å²) in [5, 5.41) is 1.01. The Bertz CT molecular complexity index is 1280. The lowest BCUT2D eigenvalue weighted by molar-refractivity contribution is 0.566. The van der Waals surface area contributed by atoms with Gasteiger partial charge in [-0.2, -0.15) is 0 Å². The van der Waals surface area contributed by atoms with Crippen LogP contribution in [0, 0.1) is 0 Å². The Morgan fingerprint density at radius 1 is 0.828 bits per heavy atom. The van der Waals surface area contributed by atoms with Crippen LogP contribution < -0.4 is 4.90 Å². The number of hydrogen-bond acceptors (Lipinski definition) is 3. The number of anilines is 1. The zero-order valence-electron chi connectivity index (χ0n) is 16.2. The average Bonchev–Trinajstić information content (AvgIpc) is 3.08. The van der Waals surface area contributed by atoms with Crippen LogP contribution in [0.25, 0.3) is 10.9 Å². The summed E-state index contributed by atoms with van der Waals surface area (Å²) < 4.78 is 28.8. The summed E-state index contributed by atoms with van der Waals surface area (Å²) in [5.74, 6) is 0. The molecule has 0 fully saturated rings. The molecule has 4 aromatic rings. The first-order chi connectivity index (χ1) is 14.1. The predicted molar refractivity (Wildman–Crippen MR) is 117 cm³/mol. The minimum absolute atomic E-state index is 0.193. The Morgan fingerprint density at radius 2 is 1.45 bits per heavy atom. The van der Waals surface area contributed by atoms with Gasteiger partial charge in [0.15, 0.2) is 0 Å². The molecule has 146 valence electrons. The third kappa shape index (κ3) is 2.85. The number of nitrogens with zero attached hydrogens (tertiary/aromatic N) is 2. The maximum atomic E-state index is 13.6. The predicted octanol–water partition coefficient (Wildman–Crippen LogP) is 4.83. The first-order valence-corrected chi connectivity index (χ1v) is 11.2. The van der Waals surface area contributed by atoms with Crippen LogP contribution in [0.1, 0.15) is 18.2 Å². The van der Waals surface area contributed by atoms with Crippen molar-refractivity contribution < 1.29 is 8.42 Å². The van der Waals surface area contributed by atoms with Crippen LogP contribution in [0.3, 0.4) is 0 Å². The van der Waals surface area contributed by atoms with Gasteiger partial charge in [0.25, 0.3) is 10.0 Å². The second-order valence-electron chi connectivity index (χ2n) is 7.54. The van der Waals surface area contributed by atoms with Gasteiger partial charge in [-0.15, -0.1) is 0 Å². The van der Waals surface area contributed by atoms with E-state index in [1.807, 2.05) is 48.5 Å². The Balaban J connectivity index is 1.73. The normalized spacial score (nSPS) is 16.7. The lowest BCUT2D eigenvalue weighted by Gasteiger charge is -2.36. The van der Waals surface area contributed by atoms with Crippen LogP contribution in [-0.4, -0.2) is 18.4 Å². The van der Waals surface area contributed by atoms with Gasteiger partial charge in [0, 0.05) is 41.3 Å². The van der Waals surface area contributed by atoms with E-state index in [9.17, 15) is 8.42 Å². The third-order valence-corrected chi connectivity index (χ3v) is 7.53. The van der Waals surface area contributed by atoms with Crippen molar-refractivity contribution in [2.45, 2.75) is 30.8 Å². The lowest BCUT2D eigenvalue weighted by Crippen LogP contribution is -2.39. The van der Waals surface area contributed by atoms with E-state index in [4.69, 9.17) is 0 Å². The molecule has 0 saturated carbocycles. The molecule has 5 heteroatoms. The van der Waals surface area contributed by atoms with Crippen molar-refractivity contribution in [3.63, 3.8) is 0 Å². The second-order valence-corrected chi connectivity index (χ2v) is 9.33. The first kappa shape index (κ1) is 18.0. The second kappa shape index (κ2) is 6.78. The van der Waals surface area contributed by atoms with Crippen LogP contribution in [-0.2, 0) is 23.0 Å². The largest absolute Gasteiger partial charge is 0.364 e. The van der Waals surface area contributed by atoms with E-state index < -0.39 is 10.0 Å². The molecule has 5 rings (SSSR count). The molecular formula is C24H22N2O2S. The average molecular weight is 403 g/mol. The number of rotatable bonds is 3. The number of aromatic nitrogens is 1. The van der Waals surface area contributed by atoms with Gasteiger partial charge in [-0.25, -0.2) is 12.4 Å². The molecule has 1 aliphatic heterocycles. The van der Waals surface area contributed by atoms with Gasteiger partial charge in [-0.1, -0.05) is 54.6 Å². The number of benzene rings is 3. The third-order valence-electron chi connectivity index (χ3n) is 5.76. The molecule has 3 aromatic carbocycles. The standard InChI is InChI=1S/C24H22N2O2S/c1-18-16-24-22(17-25(18)19-10-4-2-5-11-19)21-14-8-9-15-23(21)26(24)29(27,28)20-12-6-3-7-13-20/h2-15,18H,16-17H2,1H3. The van der Waals surface area contributed by atoms with Crippen LogP contribution in [0.5, 0.6) is 0 Å². The molecule has 0 N–H and O–H groups in total. The molecule has 0 radical (unpaired) electrons. The quantitative estimate of drug-likeness (QED) is 0.493. The van der Waals surface area contributed by atoms with E-state index in [0.717, 1.165) is 27.8 Å². The smallest absolute Gasteiger partial charge is 0.268 e. The molecule has 0 saturated heterocycles. The van der Waals surface area contributed by atoms with E-state index in [0.29, 0.717) is 17.9 Å². The minimum Gasteiger partial charge on any atom is -0.364 e.